The SMILES string of the molecule is CC(C)N(CCCC(C)C(N)(CCCCN)C(C)CCCN(C(C)C)C(C)C)C(C)C. The Labute approximate surface area is 196 Å². The van der Waals surface area contributed by atoms with Gasteiger partial charge < -0.3 is 11.5 Å². The van der Waals surface area contributed by atoms with E-state index in [0.717, 1.165) is 25.8 Å². The maximum Gasteiger partial charge on any atom is 0.0206 e. The van der Waals surface area contributed by atoms with E-state index in [1.165, 1.54) is 38.8 Å². The van der Waals surface area contributed by atoms with E-state index in [2.05, 4.69) is 79.0 Å². The van der Waals surface area contributed by atoms with Crippen LogP contribution in [0.5, 0.6) is 0 Å². The van der Waals surface area contributed by atoms with Crippen LogP contribution in [0.2, 0.25) is 0 Å². The van der Waals surface area contributed by atoms with Crippen LogP contribution in [0.3, 0.4) is 0 Å². The first-order chi connectivity index (χ1) is 14.4. The molecule has 0 saturated carbocycles. The second-order valence-corrected chi connectivity index (χ2v) is 11.3. The Balaban J connectivity index is 4.99. The molecule has 0 amide bonds. The standard InChI is InChI=1S/C27H60N4/c1-21(2)30(22(3)4)19-13-15-25(9)27(29,17-11-12-18-28)26(10)16-14-20-31(23(5)6)24(7)8/h21-26H,11-20,28-29H2,1-10H3. The summed E-state index contributed by atoms with van der Waals surface area (Å²) in [6, 6.07) is 2.41. The summed E-state index contributed by atoms with van der Waals surface area (Å²) < 4.78 is 0. The number of nitrogens with zero attached hydrogens (tertiary/aromatic N) is 2. The van der Waals surface area contributed by atoms with Crippen molar-refractivity contribution in [1.29, 1.82) is 0 Å². The average molecular weight is 441 g/mol. The fourth-order valence-corrected chi connectivity index (χ4v) is 5.48. The molecule has 0 bridgehead atoms. The van der Waals surface area contributed by atoms with Crippen LogP contribution in [0.15, 0.2) is 0 Å². The number of nitrogens with two attached hydrogens (primary N) is 2. The second-order valence-electron chi connectivity index (χ2n) is 11.3. The van der Waals surface area contributed by atoms with Gasteiger partial charge in [-0.1, -0.05) is 20.3 Å². The van der Waals surface area contributed by atoms with E-state index >= 15 is 0 Å². The smallest absolute Gasteiger partial charge is 0.0206 e. The predicted octanol–water partition coefficient (Wildman–Crippen LogP) is 5.88. The molecule has 0 radical (unpaired) electrons. The van der Waals surface area contributed by atoms with E-state index in [-0.39, 0.29) is 5.54 Å². The van der Waals surface area contributed by atoms with Crippen LogP contribution < -0.4 is 11.5 Å². The third-order valence-corrected chi connectivity index (χ3v) is 7.66. The molecule has 0 aliphatic rings. The maximum absolute atomic E-state index is 7.23. The molecule has 0 fully saturated rings. The van der Waals surface area contributed by atoms with Crippen LogP contribution in [0.25, 0.3) is 0 Å². The molecule has 0 spiro atoms. The second kappa shape index (κ2) is 15.6. The Bertz CT molecular complexity index is 385. The summed E-state index contributed by atoms with van der Waals surface area (Å²) in [5, 5.41) is 0. The summed E-state index contributed by atoms with van der Waals surface area (Å²) in [4.78, 5) is 5.21. The average Bonchev–Trinajstić information content (AvgIpc) is 2.66. The Morgan fingerprint density at radius 3 is 1.23 bits per heavy atom. The van der Waals surface area contributed by atoms with Gasteiger partial charge in [0.15, 0.2) is 0 Å². The van der Waals surface area contributed by atoms with Gasteiger partial charge >= 0.3 is 0 Å². The lowest BCUT2D eigenvalue weighted by atomic mass is 9.69. The Hall–Kier alpha value is -0.160. The third-order valence-electron chi connectivity index (χ3n) is 7.66. The lowest BCUT2D eigenvalue weighted by molar-refractivity contribution is 0.128. The van der Waals surface area contributed by atoms with Crippen molar-refractivity contribution in [2.24, 2.45) is 23.3 Å². The predicted molar refractivity (Wildman–Crippen MR) is 141 cm³/mol. The van der Waals surface area contributed by atoms with Crippen molar-refractivity contribution in [3.8, 4) is 0 Å². The molecular formula is C27H60N4. The first-order valence-electron chi connectivity index (χ1n) is 13.4. The highest BCUT2D eigenvalue weighted by molar-refractivity contribution is 4.94. The largest absolute Gasteiger partial charge is 0.330 e. The van der Waals surface area contributed by atoms with Crippen LogP contribution in [-0.4, -0.2) is 59.1 Å². The van der Waals surface area contributed by atoms with Crippen LogP contribution in [-0.2, 0) is 0 Å². The van der Waals surface area contributed by atoms with Gasteiger partial charge in [0, 0.05) is 29.7 Å². The number of unbranched alkanes of at least 4 members (excludes halogenated alkanes) is 1. The fraction of sp³-hybridized carbons (Fsp3) is 1.00. The van der Waals surface area contributed by atoms with Gasteiger partial charge in [0.05, 0.1) is 0 Å². The molecule has 0 rings (SSSR count). The summed E-state index contributed by atoms with van der Waals surface area (Å²) in [7, 11) is 0. The molecule has 31 heavy (non-hydrogen) atoms. The first kappa shape index (κ1) is 30.8. The minimum atomic E-state index is -0.0871. The lowest BCUT2D eigenvalue weighted by Crippen LogP contribution is -2.52. The van der Waals surface area contributed by atoms with Crippen molar-refractivity contribution in [2.45, 2.75) is 144 Å². The van der Waals surface area contributed by atoms with E-state index in [9.17, 15) is 0 Å². The van der Waals surface area contributed by atoms with Gasteiger partial charge in [-0.25, -0.2) is 0 Å². The number of hydrogen-bond donors (Lipinski definition) is 2. The van der Waals surface area contributed by atoms with E-state index in [4.69, 9.17) is 11.5 Å². The minimum Gasteiger partial charge on any atom is -0.330 e. The van der Waals surface area contributed by atoms with Gasteiger partial charge in [0.1, 0.15) is 0 Å². The zero-order valence-corrected chi connectivity index (χ0v) is 23.1. The van der Waals surface area contributed by atoms with E-state index in [0.29, 0.717) is 36.0 Å². The molecule has 4 N–H and O–H groups in total. The van der Waals surface area contributed by atoms with Crippen molar-refractivity contribution in [3.05, 3.63) is 0 Å². The molecule has 0 aromatic rings. The monoisotopic (exact) mass is 440 g/mol. The molecule has 4 nitrogen and oxygen atoms in total. The zero-order valence-electron chi connectivity index (χ0n) is 23.1. The molecule has 0 aliphatic heterocycles. The van der Waals surface area contributed by atoms with Gasteiger partial charge in [-0.3, -0.25) is 9.80 Å². The van der Waals surface area contributed by atoms with Gasteiger partial charge in [-0.05, 0) is 125 Å². The van der Waals surface area contributed by atoms with Gasteiger partial charge in [0.25, 0.3) is 0 Å². The molecular weight excluding hydrogens is 380 g/mol. The molecule has 188 valence electrons. The Kier molecular flexibility index (Phi) is 15.6. The third kappa shape index (κ3) is 11.0. The van der Waals surface area contributed by atoms with Crippen molar-refractivity contribution >= 4 is 0 Å². The quantitative estimate of drug-likeness (QED) is 0.261. The zero-order chi connectivity index (χ0) is 24.2. The molecule has 0 aromatic carbocycles. The van der Waals surface area contributed by atoms with Gasteiger partial charge in [0.2, 0.25) is 0 Å². The summed E-state index contributed by atoms with van der Waals surface area (Å²) in [5.41, 5.74) is 12.9. The van der Waals surface area contributed by atoms with Gasteiger partial charge in [-0.15, -0.1) is 0 Å². The lowest BCUT2D eigenvalue weighted by Gasteiger charge is -2.42. The van der Waals surface area contributed by atoms with Crippen molar-refractivity contribution in [1.82, 2.24) is 9.80 Å². The number of hydrogen-bond acceptors (Lipinski definition) is 4. The molecule has 0 aromatic heterocycles. The Morgan fingerprint density at radius 1 is 0.581 bits per heavy atom. The van der Waals surface area contributed by atoms with Gasteiger partial charge in [-0.2, -0.15) is 0 Å². The first-order valence-corrected chi connectivity index (χ1v) is 13.4. The number of rotatable bonds is 18. The van der Waals surface area contributed by atoms with Crippen LogP contribution >= 0.6 is 0 Å². The van der Waals surface area contributed by atoms with Crippen LogP contribution in [0.1, 0.15) is 114 Å². The van der Waals surface area contributed by atoms with Crippen LogP contribution in [0.4, 0.5) is 0 Å². The molecule has 2 atom stereocenters. The van der Waals surface area contributed by atoms with E-state index in [1.54, 1.807) is 0 Å². The van der Waals surface area contributed by atoms with E-state index in [1.807, 2.05) is 0 Å². The van der Waals surface area contributed by atoms with Crippen molar-refractivity contribution < 1.29 is 0 Å². The molecule has 2 unspecified atom stereocenters. The molecule has 0 saturated heterocycles. The molecule has 4 heteroatoms. The fourth-order valence-electron chi connectivity index (χ4n) is 5.48. The normalized spacial score (nSPS) is 16.8. The molecule has 0 aliphatic carbocycles. The summed E-state index contributed by atoms with van der Waals surface area (Å²) in [5.74, 6) is 1.07. The van der Waals surface area contributed by atoms with Crippen LogP contribution in [0, 0.1) is 11.8 Å². The summed E-state index contributed by atoms with van der Waals surface area (Å²) in [6.07, 6.45) is 8.22. The molecule has 0 heterocycles. The highest BCUT2D eigenvalue weighted by Gasteiger charge is 2.36. The summed E-state index contributed by atoms with van der Waals surface area (Å²) >= 11 is 0. The summed E-state index contributed by atoms with van der Waals surface area (Å²) in [6.45, 7) is 26.4. The minimum absolute atomic E-state index is 0.0871. The van der Waals surface area contributed by atoms with E-state index < -0.39 is 0 Å². The van der Waals surface area contributed by atoms with Crippen molar-refractivity contribution in [2.75, 3.05) is 19.6 Å². The maximum atomic E-state index is 7.23. The highest BCUT2D eigenvalue weighted by Crippen LogP contribution is 2.35. The highest BCUT2D eigenvalue weighted by atomic mass is 15.2. The van der Waals surface area contributed by atoms with Crippen molar-refractivity contribution in [3.63, 3.8) is 0 Å². The topological polar surface area (TPSA) is 58.5 Å². The Morgan fingerprint density at radius 2 is 0.935 bits per heavy atom.